The Hall–Kier alpha value is -1.94. The first kappa shape index (κ1) is 96.1. The van der Waals surface area contributed by atoms with Crippen LogP contribution in [0.25, 0.3) is 0 Å². The van der Waals surface area contributed by atoms with Crippen LogP contribution in [0.5, 0.6) is 0 Å². The molecule has 17 nitrogen and oxygen atoms in total. The zero-order chi connectivity index (χ0) is 72.4. The zero-order valence-corrected chi connectivity index (χ0v) is 66.2. The van der Waals surface area contributed by atoms with E-state index in [4.69, 9.17) is 37.0 Å². The van der Waals surface area contributed by atoms with Gasteiger partial charge in [-0.1, -0.05) is 351 Å². The number of aliphatic hydroxyl groups excluding tert-OH is 1. The van der Waals surface area contributed by atoms with Gasteiger partial charge in [0.2, 0.25) is 0 Å². The normalized spacial score (nSPS) is 14.1. The molecule has 98 heavy (non-hydrogen) atoms. The largest absolute Gasteiger partial charge is 0.472 e. The highest BCUT2D eigenvalue weighted by atomic mass is 31.2. The van der Waals surface area contributed by atoms with Gasteiger partial charge in [0.1, 0.15) is 19.3 Å². The number of carbonyl (C=O) groups excluding carboxylic acids is 4. The van der Waals surface area contributed by atoms with Crippen LogP contribution in [0.4, 0.5) is 0 Å². The molecule has 0 aromatic carbocycles. The van der Waals surface area contributed by atoms with E-state index in [0.29, 0.717) is 25.7 Å². The summed E-state index contributed by atoms with van der Waals surface area (Å²) < 4.78 is 68.6. The van der Waals surface area contributed by atoms with Crippen LogP contribution in [-0.2, 0) is 65.4 Å². The lowest BCUT2D eigenvalue weighted by Crippen LogP contribution is -2.30. The predicted molar refractivity (Wildman–Crippen MR) is 400 cm³/mol. The van der Waals surface area contributed by atoms with E-state index in [1.54, 1.807) is 0 Å². The van der Waals surface area contributed by atoms with E-state index in [1.165, 1.54) is 205 Å². The minimum Gasteiger partial charge on any atom is -0.462 e. The van der Waals surface area contributed by atoms with Crippen molar-refractivity contribution >= 4 is 39.5 Å². The number of phosphoric acid groups is 2. The van der Waals surface area contributed by atoms with E-state index in [0.717, 1.165) is 114 Å². The molecule has 0 aliphatic heterocycles. The van der Waals surface area contributed by atoms with Gasteiger partial charge in [-0.15, -0.1) is 0 Å². The summed E-state index contributed by atoms with van der Waals surface area (Å²) in [5.41, 5.74) is 0. The first-order valence-corrected chi connectivity index (χ1v) is 43.7. The van der Waals surface area contributed by atoms with Gasteiger partial charge < -0.3 is 33.8 Å². The van der Waals surface area contributed by atoms with Crippen molar-refractivity contribution < 1.29 is 80.2 Å². The smallest absolute Gasteiger partial charge is 0.462 e. The van der Waals surface area contributed by atoms with Gasteiger partial charge in [-0.25, -0.2) is 9.13 Å². The van der Waals surface area contributed by atoms with Gasteiger partial charge in [0, 0.05) is 25.7 Å². The first-order valence-electron chi connectivity index (χ1n) is 40.7. The Kier molecular flexibility index (Phi) is 66.8. The fraction of sp³-hybridized carbons (Fsp3) is 0.949. The summed E-state index contributed by atoms with van der Waals surface area (Å²) in [6.45, 7) is 14.2. The molecule has 0 amide bonds. The van der Waals surface area contributed by atoms with Crippen LogP contribution in [0.15, 0.2) is 0 Å². The Morgan fingerprint density at radius 1 is 0.255 bits per heavy atom. The lowest BCUT2D eigenvalue weighted by atomic mass is 10.0. The third-order valence-corrected chi connectivity index (χ3v) is 20.2. The van der Waals surface area contributed by atoms with Crippen molar-refractivity contribution in [3.05, 3.63) is 0 Å². The Bertz CT molecular complexity index is 1920. The van der Waals surface area contributed by atoms with Crippen molar-refractivity contribution in [2.24, 2.45) is 23.7 Å². The van der Waals surface area contributed by atoms with E-state index in [1.807, 2.05) is 0 Å². The Balaban J connectivity index is 5.20. The van der Waals surface area contributed by atoms with Gasteiger partial charge in [-0.2, -0.15) is 0 Å². The molecule has 3 N–H and O–H groups in total. The van der Waals surface area contributed by atoms with Crippen molar-refractivity contribution in [3.8, 4) is 0 Å². The van der Waals surface area contributed by atoms with Crippen LogP contribution in [0.2, 0.25) is 0 Å². The van der Waals surface area contributed by atoms with Crippen LogP contribution in [0.1, 0.15) is 402 Å². The van der Waals surface area contributed by atoms with E-state index in [-0.39, 0.29) is 25.7 Å². The fourth-order valence-corrected chi connectivity index (χ4v) is 13.7. The molecule has 0 rings (SSSR count). The fourth-order valence-electron chi connectivity index (χ4n) is 12.1. The number of rotatable bonds is 76. The summed E-state index contributed by atoms with van der Waals surface area (Å²) in [5.74, 6) is 0.925. The molecule has 0 heterocycles. The minimum absolute atomic E-state index is 0.104. The minimum atomic E-state index is -4.96. The highest BCUT2D eigenvalue weighted by Crippen LogP contribution is 2.45. The summed E-state index contributed by atoms with van der Waals surface area (Å²) >= 11 is 0. The molecular formula is C79H154O17P2. The molecule has 0 aromatic heterocycles. The van der Waals surface area contributed by atoms with Gasteiger partial charge >= 0.3 is 39.5 Å². The van der Waals surface area contributed by atoms with Crippen LogP contribution in [0.3, 0.4) is 0 Å². The number of unbranched alkanes of at least 4 members (excludes halogenated alkanes) is 42. The summed E-state index contributed by atoms with van der Waals surface area (Å²) in [6.07, 6.45) is 54.3. The van der Waals surface area contributed by atoms with Gasteiger partial charge in [-0.05, 0) is 49.4 Å². The van der Waals surface area contributed by atoms with Gasteiger partial charge in [0.05, 0.1) is 26.4 Å². The molecule has 0 fully saturated rings. The maximum Gasteiger partial charge on any atom is 0.472 e. The van der Waals surface area contributed by atoms with Crippen molar-refractivity contribution in [3.63, 3.8) is 0 Å². The maximum absolute atomic E-state index is 13.1. The first-order chi connectivity index (χ1) is 47.1. The molecule has 0 spiro atoms. The van der Waals surface area contributed by atoms with Crippen LogP contribution in [-0.4, -0.2) is 96.7 Å². The average Bonchev–Trinajstić information content (AvgIpc) is 0.950. The molecule has 3 unspecified atom stereocenters. The topological polar surface area (TPSA) is 237 Å². The number of aliphatic hydroxyl groups is 1. The molecule has 5 atom stereocenters. The number of phosphoric ester groups is 2. The van der Waals surface area contributed by atoms with Crippen LogP contribution in [0, 0.1) is 23.7 Å². The average molecular weight is 1440 g/mol. The second kappa shape index (κ2) is 68.2. The highest BCUT2D eigenvalue weighted by molar-refractivity contribution is 7.47. The van der Waals surface area contributed by atoms with Crippen molar-refractivity contribution in [1.29, 1.82) is 0 Å². The third-order valence-electron chi connectivity index (χ3n) is 18.3. The number of hydrogen-bond donors (Lipinski definition) is 3. The monoisotopic (exact) mass is 1440 g/mol. The lowest BCUT2D eigenvalue weighted by Gasteiger charge is -2.21. The standard InChI is InChI=1S/C79H154O17P2/c1-69(2)55-47-39-31-23-19-15-13-11-9-10-12-14-16-21-25-35-43-51-59-76(81)89-65-74(95-78(83)61-53-45-37-26-22-18-17-20-24-32-40-48-56-70(3)4)67-93-97(85,86)91-63-73(80)64-92-98(87,88)94-68-75(96-79(84)62-54-46-38-30-28-34-42-50-58-72(7)8)66-90-77(82)60-52-44-36-29-27-33-41-49-57-71(5)6/h69-75,80H,9-68H2,1-8H3,(H,85,86)(H,87,88)/t73?,74-,75-/m1/s1. The van der Waals surface area contributed by atoms with Crippen molar-refractivity contribution in [2.45, 2.75) is 420 Å². The number of hydrogen-bond acceptors (Lipinski definition) is 15. The summed E-state index contributed by atoms with van der Waals surface area (Å²) in [7, 11) is -9.92. The molecular weight excluding hydrogens is 1280 g/mol. The summed E-state index contributed by atoms with van der Waals surface area (Å²) in [5, 5.41) is 10.6. The van der Waals surface area contributed by atoms with Gasteiger partial charge in [0.25, 0.3) is 0 Å². The molecule has 0 saturated heterocycles. The molecule has 19 heteroatoms. The van der Waals surface area contributed by atoms with E-state index < -0.39 is 97.5 Å². The van der Waals surface area contributed by atoms with E-state index in [9.17, 15) is 43.2 Å². The number of ether oxygens (including phenoxy) is 4. The summed E-state index contributed by atoms with van der Waals surface area (Å²) in [6, 6.07) is 0. The SMILES string of the molecule is CC(C)CCCCCCCCCCCCCCCCCCCCC(=O)OC[C@H](COP(=O)(O)OCC(O)COP(=O)(O)OC[C@@H](COC(=O)CCCCCCCCCCC(C)C)OC(=O)CCCCCCCCCCC(C)C)OC(=O)CCCCCCCCCCCCCCC(C)C. The third kappa shape index (κ3) is 72.4. The van der Waals surface area contributed by atoms with Crippen molar-refractivity contribution in [1.82, 2.24) is 0 Å². The van der Waals surface area contributed by atoms with Gasteiger partial charge in [-0.3, -0.25) is 37.3 Å². The quantitative estimate of drug-likeness (QED) is 0.0222. The highest BCUT2D eigenvalue weighted by Gasteiger charge is 2.30. The second-order valence-corrected chi connectivity index (χ2v) is 33.3. The lowest BCUT2D eigenvalue weighted by molar-refractivity contribution is -0.161. The zero-order valence-electron chi connectivity index (χ0n) is 64.4. The molecule has 0 saturated carbocycles. The molecule has 0 aliphatic carbocycles. The maximum atomic E-state index is 13.1. The van der Waals surface area contributed by atoms with E-state index in [2.05, 4.69) is 55.4 Å². The van der Waals surface area contributed by atoms with E-state index >= 15 is 0 Å². The molecule has 0 aliphatic rings. The molecule has 0 aromatic rings. The Morgan fingerprint density at radius 2 is 0.429 bits per heavy atom. The number of carbonyl (C=O) groups is 4. The molecule has 0 bridgehead atoms. The van der Waals surface area contributed by atoms with Crippen molar-refractivity contribution in [2.75, 3.05) is 39.6 Å². The second-order valence-electron chi connectivity index (χ2n) is 30.4. The summed E-state index contributed by atoms with van der Waals surface area (Å²) in [4.78, 5) is 72.9. The van der Waals surface area contributed by atoms with Gasteiger partial charge in [0.15, 0.2) is 12.2 Å². The van der Waals surface area contributed by atoms with Crippen LogP contribution >= 0.6 is 15.6 Å². The molecule has 582 valence electrons. The predicted octanol–water partition coefficient (Wildman–Crippen LogP) is 23.2. The van der Waals surface area contributed by atoms with Crippen LogP contribution < -0.4 is 0 Å². The Morgan fingerprint density at radius 3 is 0.633 bits per heavy atom. The molecule has 0 radical (unpaired) electrons. The number of esters is 4. The Labute approximate surface area is 600 Å².